The normalized spacial score (nSPS) is 11.6. The van der Waals surface area contributed by atoms with Crippen molar-refractivity contribution >= 4 is 34.8 Å². The highest BCUT2D eigenvalue weighted by atomic mass is 35.5. The lowest BCUT2D eigenvalue weighted by Crippen LogP contribution is -2.33. The molecule has 0 aliphatic heterocycles. The van der Waals surface area contributed by atoms with Crippen LogP contribution in [-0.4, -0.2) is 24.6 Å². The maximum absolute atomic E-state index is 12.6. The van der Waals surface area contributed by atoms with Gasteiger partial charge in [0, 0.05) is 21.8 Å². The van der Waals surface area contributed by atoms with Crippen molar-refractivity contribution in [3.8, 4) is 11.5 Å². The minimum Gasteiger partial charge on any atom is -0.493 e. The molecule has 3 rings (SSSR count). The molecule has 0 fully saturated rings. The first-order valence-corrected chi connectivity index (χ1v) is 10.8. The number of hydrazone groups is 1. The summed E-state index contributed by atoms with van der Waals surface area (Å²) in [5.41, 5.74) is 3.02. The molecule has 0 spiro atoms. The molecule has 11 heteroatoms. The van der Waals surface area contributed by atoms with Crippen molar-refractivity contribution in [2.24, 2.45) is 5.10 Å². The van der Waals surface area contributed by atoms with Crippen LogP contribution in [0.15, 0.2) is 71.8 Å². The second-order valence-electron chi connectivity index (χ2n) is 7.41. The Hall–Kier alpha value is -4.05. The Kier molecular flexibility index (Phi) is 8.55. The Morgan fingerprint density at radius 1 is 0.972 bits per heavy atom. The summed E-state index contributed by atoms with van der Waals surface area (Å²) in [6.07, 6.45) is -4.51. The van der Waals surface area contributed by atoms with E-state index in [2.05, 4.69) is 15.8 Å². The minimum absolute atomic E-state index is 0.0287. The van der Waals surface area contributed by atoms with Crippen molar-refractivity contribution in [3.63, 3.8) is 0 Å². The number of carbonyl (C=O) groups is 2. The van der Waals surface area contributed by atoms with Crippen molar-refractivity contribution in [1.29, 1.82) is 0 Å². The second kappa shape index (κ2) is 11.6. The molecule has 188 valence electrons. The maximum Gasteiger partial charge on any atom is 0.416 e. The number of anilines is 1. The van der Waals surface area contributed by atoms with Crippen LogP contribution >= 0.6 is 11.6 Å². The van der Waals surface area contributed by atoms with Crippen LogP contribution in [0.4, 0.5) is 18.9 Å². The number of benzene rings is 3. The molecule has 2 amide bonds. The van der Waals surface area contributed by atoms with Gasteiger partial charge in [-0.15, -0.1) is 0 Å². The molecular formula is C25H21ClF3N3O4. The number of hydrogen-bond donors (Lipinski definition) is 2. The van der Waals surface area contributed by atoms with Gasteiger partial charge in [-0.1, -0.05) is 29.8 Å². The summed E-state index contributed by atoms with van der Waals surface area (Å²) in [5.74, 6) is -1.30. The Balaban J connectivity index is 1.61. The molecule has 36 heavy (non-hydrogen) atoms. The van der Waals surface area contributed by atoms with Gasteiger partial charge < -0.3 is 14.8 Å². The Labute approximate surface area is 209 Å². The lowest BCUT2D eigenvalue weighted by molar-refractivity contribution is -0.137. The van der Waals surface area contributed by atoms with Gasteiger partial charge in [-0.2, -0.15) is 18.3 Å². The molecule has 0 atom stereocenters. The number of nitrogens with one attached hydrogen (secondary N) is 2. The van der Waals surface area contributed by atoms with Crippen LogP contribution < -0.4 is 20.2 Å². The fourth-order valence-electron chi connectivity index (χ4n) is 2.96. The highest BCUT2D eigenvalue weighted by Crippen LogP contribution is 2.31. The Morgan fingerprint density at radius 3 is 2.31 bits per heavy atom. The molecule has 0 aliphatic carbocycles. The van der Waals surface area contributed by atoms with E-state index in [0.717, 1.165) is 29.8 Å². The smallest absolute Gasteiger partial charge is 0.416 e. The summed E-state index contributed by atoms with van der Waals surface area (Å²) in [6, 6.07) is 16.0. The first kappa shape index (κ1) is 26.6. The van der Waals surface area contributed by atoms with E-state index in [1.54, 1.807) is 31.2 Å². The summed E-state index contributed by atoms with van der Waals surface area (Å²) in [4.78, 5) is 24.1. The standard InChI is InChI=1S/C25H21ClF3N3O4/c1-15(31-32-24(34)23(33)30-19-10-8-18(9-11-19)25(27,28)29)16-7-12-21(22(13-16)35-2)36-14-17-5-3-4-6-20(17)26/h3-13H,14H2,1-2H3,(H,30,33)(H,32,34)/b31-15+. The number of nitrogens with zero attached hydrogens (tertiary/aromatic N) is 1. The van der Waals surface area contributed by atoms with Crippen molar-refractivity contribution in [2.45, 2.75) is 19.7 Å². The van der Waals surface area contributed by atoms with Gasteiger partial charge in [-0.25, -0.2) is 5.43 Å². The number of hydrogen-bond acceptors (Lipinski definition) is 5. The van der Waals surface area contributed by atoms with Crippen molar-refractivity contribution in [3.05, 3.63) is 88.4 Å². The van der Waals surface area contributed by atoms with Crippen molar-refractivity contribution in [1.82, 2.24) is 5.43 Å². The lowest BCUT2D eigenvalue weighted by atomic mass is 10.1. The molecular weight excluding hydrogens is 499 g/mol. The predicted molar refractivity (Wildman–Crippen MR) is 129 cm³/mol. The fourth-order valence-corrected chi connectivity index (χ4v) is 3.15. The average Bonchev–Trinajstić information content (AvgIpc) is 2.86. The molecule has 0 saturated carbocycles. The lowest BCUT2D eigenvalue weighted by Gasteiger charge is -2.13. The number of ether oxygens (including phenoxy) is 2. The van der Waals surface area contributed by atoms with E-state index in [1.165, 1.54) is 7.11 Å². The van der Waals surface area contributed by atoms with Gasteiger partial charge in [0.05, 0.1) is 18.4 Å². The zero-order valence-corrected chi connectivity index (χ0v) is 19.9. The zero-order valence-electron chi connectivity index (χ0n) is 19.2. The topological polar surface area (TPSA) is 89.0 Å². The molecule has 0 aromatic heterocycles. The van der Waals surface area contributed by atoms with Gasteiger partial charge in [-0.05, 0) is 55.5 Å². The average molecular weight is 520 g/mol. The van der Waals surface area contributed by atoms with Crippen LogP contribution in [0.3, 0.4) is 0 Å². The summed E-state index contributed by atoms with van der Waals surface area (Å²) < 4.78 is 49.1. The number of alkyl halides is 3. The van der Waals surface area contributed by atoms with Crippen LogP contribution in [0.1, 0.15) is 23.6 Å². The Bertz CT molecular complexity index is 1280. The summed E-state index contributed by atoms with van der Waals surface area (Å²) in [7, 11) is 1.47. The number of carbonyl (C=O) groups excluding carboxylic acids is 2. The molecule has 0 radical (unpaired) electrons. The van der Waals surface area contributed by atoms with Gasteiger partial charge in [0.2, 0.25) is 0 Å². The van der Waals surface area contributed by atoms with Crippen LogP contribution in [0.25, 0.3) is 0 Å². The monoisotopic (exact) mass is 519 g/mol. The molecule has 0 aliphatic rings. The zero-order chi connectivity index (χ0) is 26.3. The predicted octanol–water partition coefficient (Wildman–Crippen LogP) is 5.43. The van der Waals surface area contributed by atoms with Crippen LogP contribution in [0.5, 0.6) is 11.5 Å². The second-order valence-corrected chi connectivity index (χ2v) is 7.82. The Morgan fingerprint density at radius 2 is 1.67 bits per heavy atom. The van der Waals surface area contributed by atoms with E-state index in [1.807, 2.05) is 18.2 Å². The third-order valence-corrected chi connectivity index (χ3v) is 5.29. The van der Waals surface area contributed by atoms with Crippen LogP contribution in [0, 0.1) is 0 Å². The first-order chi connectivity index (χ1) is 17.1. The SMILES string of the molecule is COc1cc(/C(C)=N/NC(=O)C(=O)Nc2ccc(C(F)(F)F)cc2)ccc1OCc1ccccc1Cl. The van der Waals surface area contributed by atoms with E-state index >= 15 is 0 Å². The van der Waals surface area contributed by atoms with Crippen molar-refractivity contribution < 1.29 is 32.2 Å². The van der Waals surface area contributed by atoms with Gasteiger partial charge in [-0.3, -0.25) is 9.59 Å². The fraction of sp³-hybridized carbons (Fsp3) is 0.160. The number of amides is 2. The number of methoxy groups -OCH3 is 1. The summed E-state index contributed by atoms with van der Waals surface area (Å²) in [6.45, 7) is 1.83. The minimum atomic E-state index is -4.51. The van der Waals surface area contributed by atoms with E-state index in [9.17, 15) is 22.8 Å². The van der Waals surface area contributed by atoms with E-state index < -0.39 is 23.6 Å². The van der Waals surface area contributed by atoms with Gasteiger partial charge >= 0.3 is 18.0 Å². The summed E-state index contributed by atoms with van der Waals surface area (Å²) in [5, 5.41) is 6.69. The van der Waals surface area contributed by atoms with Crippen LogP contribution in [0.2, 0.25) is 5.02 Å². The van der Waals surface area contributed by atoms with Gasteiger partial charge in [0.15, 0.2) is 11.5 Å². The molecule has 7 nitrogen and oxygen atoms in total. The van der Waals surface area contributed by atoms with Gasteiger partial charge in [0.1, 0.15) is 6.61 Å². The third kappa shape index (κ3) is 6.98. The third-order valence-electron chi connectivity index (χ3n) is 4.92. The molecule has 0 bridgehead atoms. The maximum atomic E-state index is 12.6. The number of rotatable bonds is 7. The first-order valence-electron chi connectivity index (χ1n) is 10.5. The van der Waals surface area contributed by atoms with E-state index in [4.69, 9.17) is 21.1 Å². The highest BCUT2D eigenvalue weighted by molar-refractivity contribution is 6.39. The summed E-state index contributed by atoms with van der Waals surface area (Å²) >= 11 is 6.15. The van der Waals surface area contributed by atoms with Crippen molar-refractivity contribution in [2.75, 3.05) is 12.4 Å². The van der Waals surface area contributed by atoms with Crippen LogP contribution in [-0.2, 0) is 22.4 Å². The molecule has 0 unspecified atom stereocenters. The molecule has 3 aromatic carbocycles. The van der Waals surface area contributed by atoms with E-state index in [0.29, 0.717) is 27.8 Å². The largest absolute Gasteiger partial charge is 0.493 e. The molecule has 0 heterocycles. The van der Waals surface area contributed by atoms with Gasteiger partial charge in [0.25, 0.3) is 0 Å². The molecule has 2 N–H and O–H groups in total. The highest BCUT2D eigenvalue weighted by Gasteiger charge is 2.30. The van der Waals surface area contributed by atoms with E-state index in [-0.39, 0.29) is 12.3 Å². The quantitative estimate of drug-likeness (QED) is 0.248. The number of halogens is 4. The molecule has 3 aromatic rings. The molecule has 0 saturated heterocycles.